The molecule has 3 aromatic rings. The molecule has 3 N–H and O–H groups in total. The number of halogens is 1. The average Bonchev–Trinajstić information content (AvgIpc) is 2.84. The van der Waals surface area contributed by atoms with Crippen molar-refractivity contribution in [2.75, 3.05) is 18.5 Å². The Morgan fingerprint density at radius 3 is 2.53 bits per heavy atom. The van der Waals surface area contributed by atoms with E-state index in [-0.39, 0.29) is 11.0 Å². The van der Waals surface area contributed by atoms with Gasteiger partial charge in [0.15, 0.2) is 5.11 Å². The third-order valence-corrected chi connectivity index (χ3v) is 5.52. The predicted molar refractivity (Wildman–Crippen MR) is 143 cm³/mol. The zero-order valence-corrected chi connectivity index (χ0v) is 21.2. The van der Waals surface area contributed by atoms with Gasteiger partial charge in [0, 0.05) is 28.7 Å². The second-order valence-corrected chi connectivity index (χ2v) is 8.79. The van der Waals surface area contributed by atoms with Gasteiger partial charge in [-0.3, -0.25) is 14.9 Å². The molecule has 0 bridgehead atoms. The van der Waals surface area contributed by atoms with Gasteiger partial charge < -0.3 is 15.4 Å². The van der Waals surface area contributed by atoms with E-state index in [0.29, 0.717) is 35.7 Å². The molecule has 0 spiro atoms. The summed E-state index contributed by atoms with van der Waals surface area (Å²) in [7, 11) is 0. The standard InChI is InChI=1S/C26H26BrN3O3S/c1-2-14-28-24(31)19-9-6-10-21(16-19)29-26(34)30-25(32)22-17-20(27)11-12-23(22)33-15-13-18-7-4-3-5-8-18/h3-12,16-17H,2,13-15H2,1H3,(H,28,31)(H2,29,30,32,34). The number of hydrogen-bond acceptors (Lipinski definition) is 4. The van der Waals surface area contributed by atoms with Crippen molar-refractivity contribution in [2.24, 2.45) is 0 Å². The highest BCUT2D eigenvalue weighted by molar-refractivity contribution is 9.10. The first kappa shape index (κ1) is 25.4. The average molecular weight is 540 g/mol. The van der Waals surface area contributed by atoms with E-state index in [1.807, 2.05) is 43.3 Å². The molecule has 34 heavy (non-hydrogen) atoms. The molecular weight excluding hydrogens is 514 g/mol. The predicted octanol–water partition coefficient (Wildman–Crippen LogP) is 5.34. The summed E-state index contributed by atoms with van der Waals surface area (Å²) in [5, 5.41) is 8.59. The minimum Gasteiger partial charge on any atom is -0.492 e. The van der Waals surface area contributed by atoms with Crippen molar-refractivity contribution in [1.29, 1.82) is 0 Å². The van der Waals surface area contributed by atoms with Crippen LogP contribution in [0, 0.1) is 0 Å². The van der Waals surface area contributed by atoms with E-state index in [0.717, 1.165) is 22.9 Å². The van der Waals surface area contributed by atoms with Crippen LogP contribution in [0.25, 0.3) is 0 Å². The largest absolute Gasteiger partial charge is 0.492 e. The van der Waals surface area contributed by atoms with Gasteiger partial charge in [-0.05, 0) is 60.6 Å². The van der Waals surface area contributed by atoms with Gasteiger partial charge in [0.1, 0.15) is 5.75 Å². The van der Waals surface area contributed by atoms with E-state index in [2.05, 4.69) is 31.9 Å². The lowest BCUT2D eigenvalue weighted by atomic mass is 10.1. The van der Waals surface area contributed by atoms with Crippen molar-refractivity contribution in [3.63, 3.8) is 0 Å². The molecule has 3 rings (SSSR count). The quantitative estimate of drug-likeness (QED) is 0.320. The number of carbonyl (C=O) groups is 2. The van der Waals surface area contributed by atoms with Crippen molar-refractivity contribution in [2.45, 2.75) is 19.8 Å². The van der Waals surface area contributed by atoms with Gasteiger partial charge >= 0.3 is 0 Å². The molecule has 176 valence electrons. The number of benzene rings is 3. The van der Waals surface area contributed by atoms with Crippen molar-refractivity contribution in [1.82, 2.24) is 10.6 Å². The topological polar surface area (TPSA) is 79.5 Å². The number of hydrogen-bond donors (Lipinski definition) is 3. The first-order chi connectivity index (χ1) is 16.5. The minimum atomic E-state index is -0.398. The summed E-state index contributed by atoms with van der Waals surface area (Å²) in [6, 6.07) is 22.2. The van der Waals surface area contributed by atoms with E-state index in [4.69, 9.17) is 17.0 Å². The maximum atomic E-state index is 12.9. The summed E-state index contributed by atoms with van der Waals surface area (Å²) >= 11 is 8.73. The summed E-state index contributed by atoms with van der Waals surface area (Å²) < 4.78 is 6.65. The third kappa shape index (κ3) is 7.67. The molecule has 2 amide bonds. The third-order valence-electron chi connectivity index (χ3n) is 4.82. The van der Waals surface area contributed by atoms with Gasteiger partial charge in [-0.25, -0.2) is 0 Å². The molecule has 0 unspecified atom stereocenters. The van der Waals surface area contributed by atoms with Crippen LogP contribution in [0.3, 0.4) is 0 Å². The molecule has 0 aromatic heterocycles. The van der Waals surface area contributed by atoms with E-state index in [9.17, 15) is 9.59 Å². The van der Waals surface area contributed by atoms with Crippen LogP contribution in [0.5, 0.6) is 5.75 Å². The van der Waals surface area contributed by atoms with Crippen LogP contribution in [0.2, 0.25) is 0 Å². The van der Waals surface area contributed by atoms with Crippen molar-refractivity contribution < 1.29 is 14.3 Å². The summed E-state index contributed by atoms with van der Waals surface area (Å²) in [4.78, 5) is 25.1. The number of ether oxygens (including phenoxy) is 1. The number of rotatable bonds is 9. The van der Waals surface area contributed by atoms with Crippen LogP contribution in [0.15, 0.2) is 77.3 Å². The highest BCUT2D eigenvalue weighted by Gasteiger charge is 2.15. The lowest BCUT2D eigenvalue weighted by Crippen LogP contribution is -2.34. The zero-order chi connectivity index (χ0) is 24.3. The van der Waals surface area contributed by atoms with Gasteiger partial charge in [-0.15, -0.1) is 0 Å². The maximum Gasteiger partial charge on any atom is 0.261 e. The summed E-state index contributed by atoms with van der Waals surface area (Å²) in [6.45, 7) is 3.03. The van der Waals surface area contributed by atoms with Gasteiger partial charge in [-0.1, -0.05) is 59.3 Å². The van der Waals surface area contributed by atoms with Gasteiger partial charge in [-0.2, -0.15) is 0 Å². The van der Waals surface area contributed by atoms with Crippen LogP contribution in [-0.4, -0.2) is 30.1 Å². The highest BCUT2D eigenvalue weighted by atomic mass is 79.9. The molecule has 0 aliphatic rings. The number of carbonyl (C=O) groups excluding carboxylic acids is 2. The number of nitrogens with one attached hydrogen (secondary N) is 3. The smallest absolute Gasteiger partial charge is 0.261 e. The van der Waals surface area contributed by atoms with Crippen molar-refractivity contribution in [3.05, 3.63) is 94.0 Å². The molecule has 8 heteroatoms. The Hall–Kier alpha value is -3.23. The number of amides is 2. The van der Waals surface area contributed by atoms with Crippen molar-refractivity contribution >= 4 is 50.8 Å². The Balaban J connectivity index is 1.62. The number of thiocarbonyl (C=S) groups is 1. The summed E-state index contributed by atoms with van der Waals surface area (Å²) in [5.41, 5.74) is 2.62. The molecule has 0 atom stereocenters. The zero-order valence-electron chi connectivity index (χ0n) is 18.8. The first-order valence-electron chi connectivity index (χ1n) is 10.9. The van der Waals surface area contributed by atoms with Crippen LogP contribution in [0.4, 0.5) is 5.69 Å². The fourth-order valence-corrected chi connectivity index (χ4v) is 3.71. The van der Waals surface area contributed by atoms with Gasteiger partial charge in [0.2, 0.25) is 0 Å². The molecule has 0 aliphatic carbocycles. The fraction of sp³-hybridized carbons (Fsp3) is 0.192. The van der Waals surface area contributed by atoms with Crippen molar-refractivity contribution in [3.8, 4) is 5.75 Å². The van der Waals surface area contributed by atoms with E-state index >= 15 is 0 Å². The molecule has 0 fully saturated rings. The van der Waals surface area contributed by atoms with E-state index in [1.165, 1.54) is 0 Å². The second kappa shape index (κ2) is 12.9. The van der Waals surface area contributed by atoms with Gasteiger partial charge in [0.05, 0.1) is 12.2 Å². The Bertz CT molecular complexity index is 1160. The monoisotopic (exact) mass is 539 g/mol. The SMILES string of the molecule is CCCNC(=O)c1cccc(NC(=S)NC(=O)c2cc(Br)ccc2OCCc2ccccc2)c1. The normalized spacial score (nSPS) is 10.3. The molecule has 0 saturated carbocycles. The number of anilines is 1. The lowest BCUT2D eigenvalue weighted by Gasteiger charge is -2.14. The molecule has 0 heterocycles. The Morgan fingerprint density at radius 1 is 0.971 bits per heavy atom. The van der Waals surface area contributed by atoms with Crippen LogP contribution in [0.1, 0.15) is 39.6 Å². The lowest BCUT2D eigenvalue weighted by molar-refractivity contribution is 0.0950. The second-order valence-electron chi connectivity index (χ2n) is 7.47. The summed E-state index contributed by atoms with van der Waals surface area (Å²) in [6.07, 6.45) is 1.58. The van der Waals surface area contributed by atoms with E-state index in [1.54, 1.807) is 36.4 Å². The Kier molecular flexibility index (Phi) is 9.61. The first-order valence-corrected chi connectivity index (χ1v) is 12.1. The minimum absolute atomic E-state index is 0.117. The fourth-order valence-electron chi connectivity index (χ4n) is 3.14. The Labute approximate surface area is 213 Å². The Morgan fingerprint density at radius 2 is 1.76 bits per heavy atom. The molecule has 0 radical (unpaired) electrons. The molecule has 3 aromatic carbocycles. The van der Waals surface area contributed by atoms with Crippen LogP contribution >= 0.6 is 28.1 Å². The highest BCUT2D eigenvalue weighted by Crippen LogP contribution is 2.24. The molecule has 0 aliphatic heterocycles. The molecule has 0 saturated heterocycles. The molecule has 6 nitrogen and oxygen atoms in total. The maximum absolute atomic E-state index is 12.9. The van der Waals surface area contributed by atoms with Gasteiger partial charge in [0.25, 0.3) is 11.8 Å². The van der Waals surface area contributed by atoms with Crippen LogP contribution < -0.4 is 20.7 Å². The summed E-state index contributed by atoms with van der Waals surface area (Å²) in [5.74, 6) is -0.0914. The molecular formula is C26H26BrN3O3S. The van der Waals surface area contributed by atoms with Crippen LogP contribution in [-0.2, 0) is 6.42 Å². The van der Waals surface area contributed by atoms with E-state index < -0.39 is 5.91 Å².